The Kier molecular flexibility index (Phi) is 5.30. The minimum Gasteiger partial charge on any atom is -0.293 e. The lowest BCUT2D eigenvalue weighted by atomic mass is 10.00. The van der Waals surface area contributed by atoms with Crippen molar-refractivity contribution in [2.75, 3.05) is 0 Å². The lowest BCUT2D eigenvalue weighted by Gasteiger charge is -2.12. The Hall–Kier alpha value is -3.49. The summed E-state index contributed by atoms with van der Waals surface area (Å²) in [5.41, 5.74) is 3.62. The van der Waals surface area contributed by atoms with Gasteiger partial charge in [-0.05, 0) is 30.7 Å². The summed E-state index contributed by atoms with van der Waals surface area (Å²) in [6.45, 7) is 3.21. The molecule has 0 aliphatic heterocycles. The number of carbonyl (C=O) groups excluding carboxylic acids is 1. The van der Waals surface area contributed by atoms with Crippen LogP contribution in [0.3, 0.4) is 0 Å². The van der Waals surface area contributed by atoms with E-state index >= 15 is 0 Å². The predicted molar refractivity (Wildman–Crippen MR) is 99.8 cm³/mol. The molecule has 0 aliphatic carbocycles. The van der Waals surface area contributed by atoms with Crippen molar-refractivity contribution in [2.45, 2.75) is 24.6 Å². The van der Waals surface area contributed by atoms with Gasteiger partial charge in [-0.1, -0.05) is 0 Å². The molecule has 0 aliphatic rings. The molecule has 0 amide bonds. The second kappa shape index (κ2) is 7.81. The van der Waals surface area contributed by atoms with Crippen LogP contribution in [0.2, 0.25) is 0 Å². The maximum Gasteiger partial charge on any atom is 0.178 e. The standard InChI is InChI=1S/C19H14N6OS/c1-11-14(8-20)18(16-4-6-23-25-16)15(9-21)19(24-11)27-10-13-3-5-22-17(7-13)12(2)26/h3-7H,10H2,1-2H3,(H,23,25). The maximum atomic E-state index is 11.5. The largest absolute Gasteiger partial charge is 0.293 e. The Labute approximate surface area is 160 Å². The molecule has 3 heterocycles. The molecule has 0 atom stereocenters. The van der Waals surface area contributed by atoms with E-state index in [1.165, 1.54) is 18.7 Å². The van der Waals surface area contributed by atoms with Crippen molar-refractivity contribution >= 4 is 17.5 Å². The van der Waals surface area contributed by atoms with Gasteiger partial charge in [0, 0.05) is 30.6 Å². The van der Waals surface area contributed by atoms with Crippen molar-refractivity contribution in [1.29, 1.82) is 10.5 Å². The van der Waals surface area contributed by atoms with E-state index in [0.29, 0.717) is 44.6 Å². The maximum absolute atomic E-state index is 11.5. The topological polar surface area (TPSA) is 119 Å². The van der Waals surface area contributed by atoms with Crippen LogP contribution in [0.15, 0.2) is 35.6 Å². The molecule has 27 heavy (non-hydrogen) atoms. The lowest BCUT2D eigenvalue weighted by Crippen LogP contribution is -2.01. The number of aromatic amines is 1. The van der Waals surface area contributed by atoms with Crippen LogP contribution in [0, 0.1) is 29.6 Å². The molecule has 3 aromatic heterocycles. The molecular weight excluding hydrogens is 360 g/mol. The van der Waals surface area contributed by atoms with E-state index in [0.717, 1.165) is 5.56 Å². The highest BCUT2D eigenvalue weighted by molar-refractivity contribution is 7.98. The molecule has 0 saturated heterocycles. The van der Waals surface area contributed by atoms with E-state index in [4.69, 9.17) is 0 Å². The molecule has 132 valence electrons. The fourth-order valence-electron chi connectivity index (χ4n) is 2.59. The number of carbonyl (C=O) groups is 1. The number of nitrogens with one attached hydrogen (secondary N) is 1. The van der Waals surface area contributed by atoms with Gasteiger partial charge in [0.2, 0.25) is 0 Å². The number of Topliss-reactive ketones (excluding diaryl/α,β-unsaturated/α-hetero) is 1. The second-order valence-corrected chi connectivity index (χ2v) is 6.68. The van der Waals surface area contributed by atoms with Gasteiger partial charge in [-0.25, -0.2) is 4.98 Å². The summed E-state index contributed by atoms with van der Waals surface area (Å²) in [6, 6.07) is 9.57. The molecule has 0 saturated carbocycles. The highest BCUT2D eigenvalue weighted by atomic mass is 32.2. The number of ketones is 1. The number of pyridine rings is 2. The Morgan fingerprint density at radius 1 is 1.22 bits per heavy atom. The Balaban J connectivity index is 2.02. The summed E-state index contributed by atoms with van der Waals surface area (Å²) in [4.78, 5) is 20.0. The zero-order valence-electron chi connectivity index (χ0n) is 14.6. The normalized spacial score (nSPS) is 10.2. The number of nitrogens with zero attached hydrogens (tertiary/aromatic N) is 5. The predicted octanol–water partition coefficient (Wildman–Crippen LogP) is 3.41. The average Bonchev–Trinajstić information content (AvgIpc) is 3.20. The smallest absolute Gasteiger partial charge is 0.178 e. The van der Waals surface area contributed by atoms with Gasteiger partial charge in [0.25, 0.3) is 0 Å². The molecule has 0 unspecified atom stereocenters. The van der Waals surface area contributed by atoms with Crippen LogP contribution in [-0.4, -0.2) is 25.9 Å². The fourth-order valence-corrected chi connectivity index (χ4v) is 3.57. The van der Waals surface area contributed by atoms with Crippen LogP contribution in [0.1, 0.15) is 39.8 Å². The highest BCUT2D eigenvalue weighted by Gasteiger charge is 2.20. The van der Waals surface area contributed by atoms with Crippen molar-refractivity contribution in [3.05, 3.63) is 58.7 Å². The number of H-pyrrole nitrogens is 1. The first-order valence-corrected chi connectivity index (χ1v) is 8.97. The fraction of sp³-hybridized carbons (Fsp3) is 0.158. The molecule has 3 aromatic rings. The third kappa shape index (κ3) is 3.71. The van der Waals surface area contributed by atoms with Crippen molar-refractivity contribution in [1.82, 2.24) is 20.2 Å². The monoisotopic (exact) mass is 374 g/mol. The summed E-state index contributed by atoms with van der Waals surface area (Å²) in [6.07, 6.45) is 3.16. The molecule has 7 nitrogen and oxygen atoms in total. The molecule has 0 fully saturated rings. The summed E-state index contributed by atoms with van der Waals surface area (Å²) in [5.74, 6) is 0.409. The Morgan fingerprint density at radius 2 is 2.00 bits per heavy atom. The SMILES string of the molecule is CC(=O)c1cc(CSc2nc(C)c(C#N)c(-c3ccn[nH]3)c2C#N)ccn1. The number of hydrogen-bond donors (Lipinski definition) is 1. The molecule has 1 N–H and O–H groups in total. The zero-order chi connectivity index (χ0) is 19.4. The Morgan fingerprint density at radius 3 is 2.63 bits per heavy atom. The number of hydrogen-bond acceptors (Lipinski definition) is 7. The van der Waals surface area contributed by atoms with Gasteiger partial charge in [-0.2, -0.15) is 15.6 Å². The van der Waals surface area contributed by atoms with Gasteiger partial charge in [-0.15, -0.1) is 11.8 Å². The third-order valence-electron chi connectivity index (χ3n) is 3.90. The minimum absolute atomic E-state index is 0.103. The Bertz CT molecular complexity index is 1090. The first kappa shape index (κ1) is 18.3. The van der Waals surface area contributed by atoms with E-state index in [-0.39, 0.29) is 5.78 Å². The zero-order valence-corrected chi connectivity index (χ0v) is 15.5. The second-order valence-electron chi connectivity index (χ2n) is 5.72. The number of thioether (sulfide) groups is 1. The molecule has 8 heteroatoms. The van der Waals surface area contributed by atoms with Gasteiger partial charge < -0.3 is 0 Å². The van der Waals surface area contributed by atoms with Crippen LogP contribution < -0.4 is 0 Å². The summed E-state index contributed by atoms with van der Waals surface area (Å²) >= 11 is 1.37. The first-order chi connectivity index (χ1) is 13.0. The van der Waals surface area contributed by atoms with Crippen molar-refractivity contribution < 1.29 is 4.79 Å². The molecule has 0 aromatic carbocycles. The summed E-state index contributed by atoms with van der Waals surface area (Å²) < 4.78 is 0. The van der Waals surface area contributed by atoms with Crippen LogP contribution in [0.25, 0.3) is 11.3 Å². The molecule has 0 radical (unpaired) electrons. The van der Waals surface area contributed by atoms with Crippen LogP contribution in [0.4, 0.5) is 0 Å². The number of nitriles is 2. The summed E-state index contributed by atoms with van der Waals surface area (Å²) in [7, 11) is 0. The van der Waals surface area contributed by atoms with E-state index < -0.39 is 0 Å². The molecule has 0 spiro atoms. The van der Waals surface area contributed by atoms with Gasteiger partial charge in [0.1, 0.15) is 22.9 Å². The van der Waals surface area contributed by atoms with E-state index in [1.54, 1.807) is 31.5 Å². The van der Waals surface area contributed by atoms with E-state index in [2.05, 4.69) is 32.3 Å². The average molecular weight is 374 g/mol. The molecular formula is C19H14N6OS. The summed E-state index contributed by atoms with van der Waals surface area (Å²) in [5, 5.41) is 26.5. The number of rotatable bonds is 5. The highest BCUT2D eigenvalue weighted by Crippen LogP contribution is 2.34. The molecule has 3 rings (SSSR count). The van der Waals surface area contributed by atoms with Crippen LogP contribution in [-0.2, 0) is 5.75 Å². The van der Waals surface area contributed by atoms with Crippen molar-refractivity contribution in [2.24, 2.45) is 0 Å². The van der Waals surface area contributed by atoms with Gasteiger partial charge in [0.15, 0.2) is 5.78 Å². The number of aromatic nitrogens is 4. The molecule has 0 bridgehead atoms. The lowest BCUT2D eigenvalue weighted by molar-refractivity contribution is 0.101. The van der Waals surface area contributed by atoms with Crippen molar-refractivity contribution in [3.8, 4) is 23.4 Å². The quantitative estimate of drug-likeness (QED) is 0.537. The van der Waals surface area contributed by atoms with Crippen molar-refractivity contribution in [3.63, 3.8) is 0 Å². The first-order valence-electron chi connectivity index (χ1n) is 7.98. The third-order valence-corrected chi connectivity index (χ3v) is 4.95. The minimum atomic E-state index is -0.103. The van der Waals surface area contributed by atoms with E-state index in [9.17, 15) is 15.3 Å². The van der Waals surface area contributed by atoms with Gasteiger partial charge in [-0.3, -0.25) is 14.9 Å². The van der Waals surface area contributed by atoms with E-state index in [1.807, 2.05) is 6.07 Å². The van der Waals surface area contributed by atoms with Gasteiger partial charge >= 0.3 is 0 Å². The van der Waals surface area contributed by atoms with Crippen LogP contribution >= 0.6 is 11.8 Å². The number of aryl methyl sites for hydroxylation is 1. The van der Waals surface area contributed by atoms with Crippen LogP contribution in [0.5, 0.6) is 0 Å². The van der Waals surface area contributed by atoms with Gasteiger partial charge in [0.05, 0.1) is 22.5 Å².